The van der Waals surface area contributed by atoms with Crippen molar-refractivity contribution in [2.75, 3.05) is 32.8 Å². The van der Waals surface area contributed by atoms with Crippen LogP contribution in [0.5, 0.6) is 5.75 Å². The van der Waals surface area contributed by atoms with Gasteiger partial charge in [-0.1, -0.05) is 35.5 Å². The highest BCUT2D eigenvalue weighted by atomic mass is 16.7. The molecule has 2 aromatic rings. The summed E-state index contributed by atoms with van der Waals surface area (Å²) in [5.41, 5.74) is 0.505. The van der Waals surface area contributed by atoms with Crippen molar-refractivity contribution in [2.45, 2.75) is 0 Å². The largest absolute Gasteiger partial charge is 0.379 e. The minimum absolute atomic E-state index is 0.161. The van der Waals surface area contributed by atoms with Crippen LogP contribution in [-0.2, 0) is 4.74 Å². The van der Waals surface area contributed by atoms with Gasteiger partial charge in [0.15, 0.2) is 0 Å². The molecule has 1 aliphatic rings. The van der Waals surface area contributed by atoms with Crippen molar-refractivity contribution in [2.24, 2.45) is 5.16 Å². The fourth-order valence-corrected chi connectivity index (χ4v) is 2.72. The van der Waals surface area contributed by atoms with Crippen molar-refractivity contribution in [1.29, 1.82) is 0 Å². The van der Waals surface area contributed by atoms with Crippen molar-refractivity contribution in [3.63, 3.8) is 0 Å². The van der Waals surface area contributed by atoms with Crippen LogP contribution in [0.4, 0.5) is 11.4 Å². The van der Waals surface area contributed by atoms with Crippen LogP contribution in [-0.4, -0.2) is 53.3 Å². The lowest BCUT2D eigenvalue weighted by Crippen LogP contribution is -2.39. The molecule has 1 aliphatic heterocycles. The summed E-state index contributed by atoms with van der Waals surface area (Å²) in [4.78, 5) is 28.2. The topological polar surface area (TPSA) is 120 Å². The summed E-state index contributed by atoms with van der Waals surface area (Å²) in [5.74, 6) is -0.161. The lowest BCUT2D eigenvalue weighted by molar-refractivity contribution is -0.394. The van der Waals surface area contributed by atoms with E-state index >= 15 is 0 Å². The molecule has 0 saturated carbocycles. The summed E-state index contributed by atoms with van der Waals surface area (Å²) in [7, 11) is 0. The van der Waals surface area contributed by atoms with Gasteiger partial charge in [-0.2, -0.15) is 0 Å². The molecule has 10 heteroatoms. The van der Waals surface area contributed by atoms with E-state index in [-0.39, 0.29) is 11.4 Å². The van der Waals surface area contributed by atoms with Crippen molar-refractivity contribution >= 4 is 17.1 Å². The summed E-state index contributed by atoms with van der Waals surface area (Å²) in [6, 6.07) is 12.5. The molecular formula is C18H18N4O6. The first-order valence-corrected chi connectivity index (χ1v) is 8.57. The summed E-state index contributed by atoms with van der Waals surface area (Å²) >= 11 is 0. The van der Waals surface area contributed by atoms with Crippen LogP contribution in [0.1, 0.15) is 5.56 Å². The molecule has 0 atom stereocenters. The number of rotatable bonds is 7. The van der Waals surface area contributed by atoms with Gasteiger partial charge < -0.3 is 9.57 Å². The van der Waals surface area contributed by atoms with E-state index in [1.54, 1.807) is 0 Å². The van der Waals surface area contributed by atoms with Crippen molar-refractivity contribution in [3.05, 3.63) is 74.3 Å². The summed E-state index contributed by atoms with van der Waals surface area (Å²) in [6.07, 6.45) is 0. The maximum absolute atomic E-state index is 11.3. The van der Waals surface area contributed by atoms with Gasteiger partial charge in [-0.25, -0.2) is 0 Å². The maximum Gasteiger partial charge on any atom is 0.321 e. The number of hydrogen-bond donors (Lipinski definition) is 0. The predicted octanol–water partition coefficient (Wildman–Crippen LogP) is 2.62. The molecule has 1 fully saturated rings. The highest BCUT2D eigenvalue weighted by Crippen LogP contribution is 2.31. The van der Waals surface area contributed by atoms with Crippen molar-refractivity contribution in [3.8, 4) is 5.75 Å². The molecular weight excluding hydrogens is 368 g/mol. The lowest BCUT2D eigenvalue weighted by Gasteiger charge is -2.26. The molecule has 10 nitrogen and oxygen atoms in total. The van der Waals surface area contributed by atoms with Crippen LogP contribution in [0, 0.1) is 20.2 Å². The Kier molecular flexibility index (Phi) is 6.25. The molecule has 1 heterocycles. The second-order valence-electron chi connectivity index (χ2n) is 6.05. The van der Waals surface area contributed by atoms with Crippen LogP contribution in [0.3, 0.4) is 0 Å². The summed E-state index contributed by atoms with van der Waals surface area (Å²) in [6.45, 7) is 3.20. The number of hydrogen-bond acceptors (Lipinski definition) is 8. The first kappa shape index (κ1) is 19.4. The van der Waals surface area contributed by atoms with Gasteiger partial charge in [0.2, 0.25) is 5.75 Å². The number of oxime groups is 1. The third-order valence-electron chi connectivity index (χ3n) is 4.19. The zero-order valence-electron chi connectivity index (χ0n) is 14.9. The average molecular weight is 386 g/mol. The molecule has 0 N–H and O–H groups in total. The number of nitro benzene ring substituents is 2. The van der Waals surface area contributed by atoms with E-state index in [1.807, 2.05) is 30.3 Å². The van der Waals surface area contributed by atoms with E-state index in [1.165, 1.54) is 6.07 Å². The van der Waals surface area contributed by atoms with Crippen LogP contribution >= 0.6 is 0 Å². The van der Waals surface area contributed by atoms with Gasteiger partial charge in [-0.15, -0.1) is 0 Å². The van der Waals surface area contributed by atoms with E-state index in [2.05, 4.69) is 10.1 Å². The number of morpholine rings is 1. The lowest BCUT2D eigenvalue weighted by atomic mass is 10.1. The van der Waals surface area contributed by atoms with E-state index in [0.29, 0.717) is 25.5 Å². The zero-order chi connectivity index (χ0) is 19.9. The fraction of sp³-hybridized carbons (Fsp3) is 0.278. The van der Waals surface area contributed by atoms with Gasteiger partial charge in [0.05, 0.1) is 29.1 Å². The molecule has 0 spiro atoms. The Labute approximate surface area is 160 Å². The predicted molar refractivity (Wildman–Crippen MR) is 101 cm³/mol. The standard InChI is InChI=1S/C18H18N4O6/c23-21(24)15-6-7-18(17(12-15)22(25)26)28-19-16(14-4-2-1-3-5-14)13-20-8-10-27-11-9-20/h1-7,12H,8-11,13H2/b19-16-. The van der Waals surface area contributed by atoms with E-state index < -0.39 is 15.5 Å². The number of nitrogens with zero attached hydrogens (tertiary/aromatic N) is 4. The highest BCUT2D eigenvalue weighted by Gasteiger charge is 2.22. The van der Waals surface area contributed by atoms with Gasteiger partial charge in [-0.05, 0) is 6.07 Å². The third kappa shape index (κ3) is 4.87. The molecule has 0 aromatic heterocycles. The summed E-state index contributed by atoms with van der Waals surface area (Å²) in [5, 5.41) is 26.3. The molecule has 2 aromatic carbocycles. The first-order valence-electron chi connectivity index (χ1n) is 8.57. The van der Waals surface area contributed by atoms with Crippen LogP contribution in [0.25, 0.3) is 0 Å². The molecule has 28 heavy (non-hydrogen) atoms. The third-order valence-corrected chi connectivity index (χ3v) is 4.19. The molecule has 0 radical (unpaired) electrons. The van der Waals surface area contributed by atoms with Crippen molar-refractivity contribution in [1.82, 2.24) is 4.90 Å². The SMILES string of the molecule is O=[N+]([O-])c1ccc(O/N=C(/CN2CCOCC2)c2ccccc2)c([N+](=O)[O-])c1. The molecule has 3 rings (SSSR count). The maximum atomic E-state index is 11.3. The van der Waals surface area contributed by atoms with E-state index in [4.69, 9.17) is 9.57 Å². The number of ether oxygens (including phenoxy) is 1. The minimum atomic E-state index is -0.734. The van der Waals surface area contributed by atoms with Crippen LogP contribution < -0.4 is 4.84 Å². The summed E-state index contributed by atoms with van der Waals surface area (Å²) < 4.78 is 5.35. The molecule has 146 valence electrons. The second-order valence-corrected chi connectivity index (χ2v) is 6.05. The molecule has 0 aliphatic carbocycles. The number of nitro groups is 2. The van der Waals surface area contributed by atoms with Gasteiger partial charge in [0, 0.05) is 31.3 Å². The second kappa shape index (κ2) is 9.02. The highest BCUT2D eigenvalue weighted by molar-refractivity contribution is 6.01. The Morgan fingerprint density at radius 3 is 2.43 bits per heavy atom. The Bertz CT molecular complexity index is 881. The van der Waals surface area contributed by atoms with Crippen LogP contribution in [0.15, 0.2) is 53.7 Å². The monoisotopic (exact) mass is 386 g/mol. The molecule has 0 bridgehead atoms. The molecule has 0 unspecified atom stereocenters. The van der Waals surface area contributed by atoms with Gasteiger partial charge >= 0.3 is 5.69 Å². The van der Waals surface area contributed by atoms with Crippen LogP contribution in [0.2, 0.25) is 0 Å². The van der Waals surface area contributed by atoms with Gasteiger partial charge in [-0.3, -0.25) is 25.1 Å². The van der Waals surface area contributed by atoms with Crippen molar-refractivity contribution < 1.29 is 19.4 Å². The Hall–Kier alpha value is -3.37. The minimum Gasteiger partial charge on any atom is -0.379 e. The fourth-order valence-electron chi connectivity index (χ4n) is 2.72. The van der Waals surface area contributed by atoms with E-state index in [9.17, 15) is 20.2 Å². The normalized spacial score (nSPS) is 15.2. The number of benzene rings is 2. The van der Waals surface area contributed by atoms with Gasteiger partial charge in [0.1, 0.15) is 5.71 Å². The smallest absolute Gasteiger partial charge is 0.321 e. The zero-order valence-corrected chi connectivity index (χ0v) is 14.9. The first-order chi connectivity index (χ1) is 13.5. The Morgan fingerprint density at radius 2 is 1.79 bits per heavy atom. The Balaban J connectivity index is 1.88. The average Bonchev–Trinajstić information content (AvgIpc) is 2.72. The molecule has 0 amide bonds. The Morgan fingerprint density at radius 1 is 1.07 bits per heavy atom. The van der Waals surface area contributed by atoms with Gasteiger partial charge in [0.25, 0.3) is 5.69 Å². The molecule has 1 saturated heterocycles. The number of non-ortho nitro benzene ring substituents is 1. The van der Waals surface area contributed by atoms with E-state index in [0.717, 1.165) is 30.8 Å². The quantitative estimate of drug-likeness (QED) is 0.407.